The number of carbonyl (C=O) groups is 2. The van der Waals surface area contributed by atoms with Crippen molar-refractivity contribution in [1.29, 1.82) is 0 Å². The van der Waals surface area contributed by atoms with E-state index in [4.69, 9.17) is 4.74 Å². The second-order valence-electron chi connectivity index (χ2n) is 6.36. The molecule has 1 aliphatic rings. The van der Waals surface area contributed by atoms with Gasteiger partial charge in [-0.05, 0) is 61.9 Å². The summed E-state index contributed by atoms with van der Waals surface area (Å²) < 4.78 is 5.67. The molecule has 4 nitrogen and oxygen atoms in total. The summed E-state index contributed by atoms with van der Waals surface area (Å²) in [6.45, 7) is 2.78. The number of carbonyl (C=O) groups excluding carboxylic acids is 2. The van der Waals surface area contributed by atoms with Crippen LogP contribution in [0.3, 0.4) is 0 Å². The Bertz CT molecular complexity index is 705. The van der Waals surface area contributed by atoms with Gasteiger partial charge in [-0.15, -0.1) is 11.3 Å². The molecule has 0 unspecified atom stereocenters. The van der Waals surface area contributed by atoms with Crippen LogP contribution in [0.1, 0.15) is 47.8 Å². The van der Waals surface area contributed by atoms with Gasteiger partial charge in [0.2, 0.25) is 5.91 Å². The van der Waals surface area contributed by atoms with E-state index < -0.39 is 0 Å². The van der Waals surface area contributed by atoms with Crippen LogP contribution >= 0.6 is 11.3 Å². The van der Waals surface area contributed by atoms with Crippen LogP contribution in [0.5, 0.6) is 5.75 Å². The van der Waals surface area contributed by atoms with E-state index in [1.165, 1.54) is 4.88 Å². The van der Waals surface area contributed by atoms with Gasteiger partial charge in [0.05, 0.1) is 13.2 Å². The Morgan fingerprint density at radius 2 is 1.96 bits per heavy atom. The molecule has 1 amide bonds. The fraction of sp³-hybridized carbons (Fsp3) is 0.400. The van der Waals surface area contributed by atoms with E-state index >= 15 is 0 Å². The molecule has 0 radical (unpaired) electrons. The largest absolute Gasteiger partial charge is 0.494 e. The van der Waals surface area contributed by atoms with Crippen LogP contribution < -0.4 is 4.74 Å². The minimum Gasteiger partial charge on any atom is -0.494 e. The molecule has 2 aromatic rings. The Labute approximate surface area is 152 Å². The van der Waals surface area contributed by atoms with Crippen LogP contribution in [0, 0.1) is 0 Å². The summed E-state index contributed by atoms with van der Waals surface area (Å²) >= 11 is 1.70. The number of rotatable bonds is 9. The van der Waals surface area contributed by atoms with E-state index in [-0.39, 0.29) is 11.7 Å². The monoisotopic (exact) mass is 357 g/mol. The first-order chi connectivity index (χ1) is 12.1. The summed E-state index contributed by atoms with van der Waals surface area (Å²) in [5.41, 5.74) is 0.677. The molecule has 1 saturated carbocycles. The zero-order valence-corrected chi connectivity index (χ0v) is 15.3. The van der Waals surface area contributed by atoms with Crippen LogP contribution in [0.4, 0.5) is 0 Å². The highest BCUT2D eigenvalue weighted by Gasteiger charge is 2.32. The quantitative estimate of drug-likeness (QED) is 0.496. The number of hydrogen-bond acceptors (Lipinski definition) is 4. The van der Waals surface area contributed by atoms with Crippen molar-refractivity contribution in [2.45, 2.75) is 45.2 Å². The van der Waals surface area contributed by atoms with Crippen molar-refractivity contribution < 1.29 is 14.3 Å². The minimum absolute atomic E-state index is 0.0445. The van der Waals surface area contributed by atoms with Crippen LogP contribution in [0.25, 0.3) is 0 Å². The van der Waals surface area contributed by atoms with E-state index in [1.54, 1.807) is 42.5 Å². The number of ether oxygens (including phenoxy) is 1. The first kappa shape index (κ1) is 17.7. The number of hydrogen-bond donors (Lipinski definition) is 0. The maximum Gasteiger partial charge on any atom is 0.223 e. The Kier molecular flexibility index (Phi) is 5.87. The van der Waals surface area contributed by atoms with Gasteiger partial charge >= 0.3 is 0 Å². The Balaban J connectivity index is 1.42. The highest BCUT2D eigenvalue weighted by Crippen LogP contribution is 2.30. The molecule has 3 rings (SSSR count). The normalized spacial score (nSPS) is 13.5. The highest BCUT2D eigenvalue weighted by molar-refractivity contribution is 7.09. The summed E-state index contributed by atoms with van der Waals surface area (Å²) in [7, 11) is 0. The van der Waals surface area contributed by atoms with E-state index in [1.807, 2.05) is 11.0 Å². The van der Waals surface area contributed by atoms with Gasteiger partial charge in [0.1, 0.15) is 5.75 Å². The average Bonchev–Trinajstić information content (AvgIpc) is 3.32. The van der Waals surface area contributed by atoms with Crippen molar-refractivity contribution >= 4 is 23.0 Å². The number of ketones is 1. The molecule has 5 heteroatoms. The van der Waals surface area contributed by atoms with Crippen molar-refractivity contribution in [2.24, 2.45) is 0 Å². The summed E-state index contributed by atoms with van der Waals surface area (Å²) in [5, 5.41) is 2.05. The molecule has 0 spiro atoms. The SMILES string of the molecule is CC(=O)c1ccc(OCCCC(=O)N(Cc2cccs2)C2CC2)cc1. The molecular weight excluding hydrogens is 334 g/mol. The van der Waals surface area contributed by atoms with Gasteiger partial charge in [0.25, 0.3) is 0 Å². The van der Waals surface area contributed by atoms with Gasteiger partial charge in [-0.1, -0.05) is 6.07 Å². The third-order valence-corrected chi connectivity index (χ3v) is 5.14. The van der Waals surface area contributed by atoms with Crippen molar-refractivity contribution in [3.05, 3.63) is 52.2 Å². The van der Waals surface area contributed by atoms with E-state index in [9.17, 15) is 9.59 Å². The fourth-order valence-electron chi connectivity index (χ4n) is 2.72. The Morgan fingerprint density at radius 1 is 1.20 bits per heavy atom. The lowest BCUT2D eigenvalue weighted by molar-refractivity contribution is -0.132. The first-order valence-electron chi connectivity index (χ1n) is 8.69. The molecular formula is C20H23NO3S. The second-order valence-corrected chi connectivity index (χ2v) is 7.40. The van der Waals surface area contributed by atoms with Crippen molar-refractivity contribution in [2.75, 3.05) is 6.61 Å². The molecule has 0 atom stereocenters. The first-order valence-corrected chi connectivity index (χ1v) is 9.57. The summed E-state index contributed by atoms with van der Waals surface area (Å²) in [5.74, 6) is 0.990. The zero-order valence-electron chi connectivity index (χ0n) is 14.4. The molecule has 0 N–H and O–H groups in total. The smallest absolute Gasteiger partial charge is 0.223 e. The number of nitrogens with zero attached hydrogens (tertiary/aromatic N) is 1. The van der Waals surface area contributed by atoms with E-state index in [0.29, 0.717) is 31.1 Å². The van der Waals surface area contributed by atoms with Gasteiger partial charge in [0.15, 0.2) is 5.78 Å². The molecule has 132 valence electrons. The molecule has 1 aromatic carbocycles. The molecule has 0 bridgehead atoms. The molecule has 1 aliphatic carbocycles. The molecule has 0 saturated heterocycles. The lowest BCUT2D eigenvalue weighted by Gasteiger charge is -2.21. The predicted octanol–water partition coefficient (Wildman–Crippen LogP) is 4.30. The average molecular weight is 357 g/mol. The summed E-state index contributed by atoms with van der Waals surface area (Å²) in [6, 6.07) is 11.7. The molecule has 0 aliphatic heterocycles. The standard InChI is InChI=1S/C20H23NO3S/c1-15(22)16-6-10-18(11-7-16)24-12-2-5-20(23)21(17-8-9-17)14-19-4-3-13-25-19/h3-4,6-7,10-11,13,17H,2,5,8-9,12,14H2,1H3. The Morgan fingerprint density at radius 3 is 2.56 bits per heavy atom. The lowest BCUT2D eigenvalue weighted by atomic mass is 10.1. The molecule has 1 aromatic heterocycles. The van der Waals surface area contributed by atoms with Crippen molar-refractivity contribution in [1.82, 2.24) is 4.90 Å². The second kappa shape index (κ2) is 8.30. The number of benzene rings is 1. The zero-order chi connectivity index (χ0) is 17.6. The summed E-state index contributed by atoms with van der Waals surface area (Å²) in [4.78, 5) is 27.0. The number of Topliss-reactive ketones (excluding diaryl/α,β-unsaturated/α-hetero) is 1. The Hall–Kier alpha value is -2.14. The van der Waals surface area contributed by atoms with Crippen LogP contribution in [0.2, 0.25) is 0 Å². The molecule has 1 heterocycles. The van der Waals surface area contributed by atoms with Gasteiger partial charge in [-0.25, -0.2) is 0 Å². The number of thiophene rings is 1. The summed E-state index contributed by atoms with van der Waals surface area (Å²) in [6.07, 6.45) is 3.45. The van der Waals surface area contributed by atoms with Crippen LogP contribution in [-0.2, 0) is 11.3 Å². The minimum atomic E-state index is 0.0445. The van der Waals surface area contributed by atoms with Gasteiger partial charge < -0.3 is 9.64 Å². The third kappa shape index (κ3) is 5.16. The highest BCUT2D eigenvalue weighted by atomic mass is 32.1. The van der Waals surface area contributed by atoms with Crippen molar-refractivity contribution in [3.63, 3.8) is 0 Å². The fourth-order valence-corrected chi connectivity index (χ4v) is 3.42. The van der Waals surface area contributed by atoms with E-state index in [2.05, 4.69) is 11.4 Å². The molecule has 1 fully saturated rings. The maximum atomic E-state index is 12.5. The van der Waals surface area contributed by atoms with Crippen LogP contribution in [-0.4, -0.2) is 29.2 Å². The molecule has 25 heavy (non-hydrogen) atoms. The third-order valence-electron chi connectivity index (χ3n) is 4.28. The number of amides is 1. The van der Waals surface area contributed by atoms with Crippen LogP contribution in [0.15, 0.2) is 41.8 Å². The van der Waals surface area contributed by atoms with Gasteiger partial charge in [-0.2, -0.15) is 0 Å². The van der Waals surface area contributed by atoms with Gasteiger partial charge in [0, 0.05) is 22.9 Å². The van der Waals surface area contributed by atoms with Crippen molar-refractivity contribution in [3.8, 4) is 5.75 Å². The van der Waals surface area contributed by atoms with Gasteiger partial charge in [-0.3, -0.25) is 9.59 Å². The lowest BCUT2D eigenvalue weighted by Crippen LogP contribution is -2.32. The predicted molar refractivity (Wildman–Crippen MR) is 99.1 cm³/mol. The van der Waals surface area contributed by atoms with E-state index in [0.717, 1.165) is 25.1 Å². The maximum absolute atomic E-state index is 12.5. The topological polar surface area (TPSA) is 46.6 Å².